The van der Waals surface area contributed by atoms with Crippen LogP contribution in [-0.4, -0.2) is 33.6 Å². The van der Waals surface area contributed by atoms with Gasteiger partial charge in [0.05, 0.1) is 16.5 Å². The average Bonchev–Trinajstić information content (AvgIpc) is 3.39. The van der Waals surface area contributed by atoms with Crippen molar-refractivity contribution in [2.45, 2.75) is 13.0 Å². The van der Waals surface area contributed by atoms with Crippen molar-refractivity contribution in [3.8, 4) is 5.75 Å². The van der Waals surface area contributed by atoms with E-state index in [2.05, 4.69) is 25.9 Å². The molecule has 1 amide bonds. The molecule has 2 heterocycles. The first-order valence-corrected chi connectivity index (χ1v) is 10.9. The summed E-state index contributed by atoms with van der Waals surface area (Å²) in [6.45, 7) is 0.901. The highest BCUT2D eigenvalue weighted by molar-refractivity contribution is 9.10. The molecule has 162 valence electrons. The second kappa shape index (κ2) is 10.7. The molecule has 0 radical (unpaired) electrons. The number of amides is 1. The van der Waals surface area contributed by atoms with Crippen LogP contribution in [0.4, 0.5) is 9.52 Å². The Morgan fingerprint density at radius 3 is 2.87 bits per heavy atom. The number of imidazole rings is 1. The fourth-order valence-electron chi connectivity index (χ4n) is 2.94. The van der Waals surface area contributed by atoms with Crippen molar-refractivity contribution in [1.82, 2.24) is 14.5 Å². The predicted octanol–water partition coefficient (Wildman–Crippen LogP) is 5.32. The first kappa shape index (κ1) is 23.2. The number of nitrogens with zero attached hydrogens (tertiary/aromatic N) is 4. The molecule has 6 nitrogen and oxygen atoms in total. The van der Waals surface area contributed by atoms with Crippen molar-refractivity contribution < 1.29 is 13.9 Å². The molecule has 31 heavy (non-hydrogen) atoms. The van der Waals surface area contributed by atoms with Crippen LogP contribution in [0, 0.1) is 5.82 Å². The van der Waals surface area contributed by atoms with Gasteiger partial charge in [0.25, 0.3) is 5.91 Å². The Morgan fingerprint density at radius 2 is 2.10 bits per heavy atom. The van der Waals surface area contributed by atoms with Crippen molar-refractivity contribution in [3.63, 3.8) is 0 Å². The summed E-state index contributed by atoms with van der Waals surface area (Å²) < 4.78 is 23.1. The standard InChI is InChI=1S/C21H18BrFN4O2S.ClH/c22-15-6-7-17-19(12-15)30-21(25-17)27(10-3-9-26-11-8-24-14-26)20(28)13-29-18-5-2-1-4-16(18)23;/h1-2,4-8,11-12,14H,3,9-10,13H2;1H. The van der Waals surface area contributed by atoms with Crippen LogP contribution in [-0.2, 0) is 11.3 Å². The van der Waals surface area contributed by atoms with Gasteiger partial charge in [-0.25, -0.2) is 14.4 Å². The first-order chi connectivity index (χ1) is 14.6. The summed E-state index contributed by atoms with van der Waals surface area (Å²) in [7, 11) is 0. The number of para-hydroxylation sites is 1. The number of ether oxygens (including phenoxy) is 1. The van der Waals surface area contributed by atoms with Gasteiger partial charge in [-0.05, 0) is 36.8 Å². The van der Waals surface area contributed by atoms with Gasteiger partial charge in [0.15, 0.2) is 23.3 Å². The summed E-state index contributed by atoms with van der Waals surface area (Å²) in [4.78, 5) is 23.2. The van der Waals surface area contributed by atoms with E-state index in [1.54, 1.807) is 29.6 Å². The Hall–Kier alpha value is -2.49. The zero-order chi connectivity index (χ0) is 20.9. The molecule has 0 fully saturated rings. The maximum absolute atomic E-state index is 13.8. The summed E-state index contributed by atoms with van der Waals surface area (Å²) in [6, 6.07) is 11.8. The molecule has 0 aliphatic rings. The van der Waals surface area contributed by atoms with Crippen molar-refractivity contribution in [1.29, 1.82) is 0 Å². The summed E-state index contributed by atoms with van der Waals surface area (Å²) in [5, 5.41) is 0.593. The van der Waals surface area contributed by atoms with Crippen molar-refractivity contribution in [2.24, 2.45) is 0 Å². The number of hydrogen-bond donors (Lipinski definition) is 0. The number of benzene rings is 2. The average molecular weight is 526 g/mol. The Morgan fingerprint density at radius 1 is 1.26 bits per heavy atom. The molecule has 2 aromatic heterocycles. The monoisotopic (exact) mass is 524 g/mol. The van der Waals surface area contributed by atoms with Gasteiger partial charge < -0.3 is 9.30 Å². The van der Waals surface area contributed by atoms with E-state index in [0.717, 1.165) is 14.7 Å². The Kier molecular flexibility index (Phi) is 8.00. The smallest absolute Gasteiger partial charge is 0.266 e. The SMILES string of the molecule is Cl.O=C(COc1ccccc1F)N(CCCn1ccnc1)c1nc2ccc(Br)cc2s1. The Labute approximate surface area is 197 Å². The number of rotatable bonds is 8. The quantitative estimate of drug-likeness (QED) is 0.312. The van der Waals surface area contributed by atoms with E-state index in [0.29, 0.717) is 24.6 Å². The van der Waals surface area contributed by atoms with Crippen LogP contribution < -0.4 is 9.64 Å². The van der Waals surface area contributed by atoms with Gasteiger partial charge in [0, 0.05) is 30.0 Å². The molecular weight excluding hydrogens is 507 g/mol. The molecule has 0 saturated heterocycles. The van der Waals surface area contributed by atoms with E-state index in [9.17, 15) is 9.18 Å². The summed E-state index contributed by atoms with van der Waals surface area (Å²) in [5.74, 6) is -0.721. The molecule has 0 spiro atoms. The van der Waals surface area contributed by atoms with E-state index in [4.69, 9.17) is 4.74 Å². The van der Waals surface area contributed by atoms with Crippen LogP contribution in [0.5, 0.6) is 5.75 Å². The molecule has 0 aliphatic heterocycles. The lowest BCUT2D eigenvalue weighted by Crippen LogP contribution is -2.36. The largest absolute Gasteiger partial charge is 0.481 e. The number of fused-ring (bicyclic) bond motifs is 1. The normalized spacial score (nSPS) is 10.6. The Balaban J connectivity index is 0.00000272. The highest BCUT2D eigenvalue weighted by Crippen LogP contribution is 2.31. The molecule has 0 N–H and O–H groups in total. The van der Waals surface area contributed by atoms with Gasteiger partial charge in [-0.2, -0.15) is 0 Å². The highest BCUT2D eigenvalue weighted by atomic mass is 79.9. The molecular formula is C21H19BrClFN4O2S. The zero-order valence-electron chi connectivity index (χ0n) is 16.3. The third-order valence-electron chi connectivity index (χ3n) is 4.42. The second-order valence-electron chi connectivity index (χ2n) is 6.53. The third-order valence-corrected chi connectivity index (χ3v) is 5.95. The lowest BCUT2D eigenvalue weighted by molar-refractivity contribution is -0.120. The number of anilines is 1. The molecule has 0 unspecified atom stereocenters. The van der Waals surface area contributed by atoms with Crippen LogP contribution >= 0.6 is 39.7 Å². The number of thiazole rings is 1. The summed E-state index contributed by atoms with van der Waals surface area (Å²) in [5.41, 5.74) is 0.820. The fraction of sp³-hybridized carbons (Fsp3) is 0.190. The summed E-state index contributed by atoms with van der Waals surface area (Å²) >= 11 is 4.90. The van der Waals surface area contributed by atoms with E-state index >= 15 is 0 Å². The second-order valence-corrected chi connectivity index (χ2v) is 8.45. The van der Waals surface area contributed by atoms with Gasteiger partial charge in [-0.1, -0.05) is 39.4 Å². The molecule has 2 aromatic carbocycles. The first-order valence-electron chi connectivity index (χ1n) is 9.30. The van der Waals surface area contributed by atoms with Gasteiger partial charge in [0.1, 0.15) is 0 Å². The van der Waals surface area contributed by atoms with Gasteiger partial charge in [-0.3, -0.25) is 9.69 Å². The maximum atomic E-state index is 13.8. The van der Waals surface area contributed by atoms with Crippen LogP contribution in [0.1, 0.15) is 6.42 Å². The van der Waals surface area contributed by atoms with Crippen LogP contribution in [0.15, 0.2) is 65.7 Å². The molecule has 4 rings (SSSR count). The van der Waals surface area contributed by atoms with Crippen molar-refractivity contribution >= 4 is 60.9 Å². The maximum Gasteiger partial charge on any atom is 0.266 e. The molecule has 4 aromatic rings. The van der Waals surface area contributed by atoms with Crippen molar-refractivity contribution in [2.75, 3.05) is 18.1 Å². The van der Waals surface area contributed by atoms with Gasteiger partial charge >= 0.3 is 0 Å². The molecule has 0 bridgehead atoms. The van der Waals surface area contributed by atoms with Crippen LogP contribution in [0.2, 0.25) is 0 Å². The summed E-state index contributed by atoms with van der Waals surface area (Å²) in [6.07, 6.45) is 6.04. The highest BCUT2D eigenvalue weighted by Gasteiger charge is 2.21. The minimum atomic E-state index is -0.498. The minimum absolute atomic E-state index is 0. The number of aromatic nitrogens is 3. The molecule has 0 aliphatic carbocycles. The number of carbonyl (C=O) groups excluding carboxylic acids is 1. The van der Waals surface area contributed by atoms with Gasteiger partial charge in [0.2, 0.25) is 0 Å². The van der Waals surface area contributed by atoms with Crippen molar-refractivity contribution in [3.05, 3.63) is 71.5 Å². The number of aryl methyl sites for hydroxylation is 1. The van der Waals surface area contributed by atoms with E-state index in [-0.39, 0.29) is 30.7 Å². The van der Waals surface area contributed by atoms with Crippen LogP contribution in [0.25, 0.3) is 10.2 Å². The Bertz CT molecular complexity index is 1160. The van der Waals surface area contributed by atoms with E-state index in [1.165, 1.54) is 23.5 Å². The lowest BCUT2D eigenvalue weighted by Gasteiger charge is -2.20. The topological polar surface area (TPSA) is 60.2 Å². The molecule has 0 atom stereocenters. The minimum Gasteiger partial charge on any atom is -0.481 e. The van der Waals surface area contributed by atoms with E-state index < -0.39 is 5.82 Å². The number of carbonyl (C=O) groups is 1. The number of halogens is 3. The predicted molar refractivity (Wildman–Crippen MR) is 126 cm³/mol. The number of hydrogen-bond acceptors (Lipinski definition) is 5. The zero-order valence-corrected chi connectivity index (χ0v) is 19.5. The lowest BCUT2D eigenvalue weighted by atomic mass is 10.3. The molecule has 10 heteroatoms. The van der Waals surface area contributed by atoms with E-state index in [1.807, 2.05) is 29.0 Å². The molecule has 0 saturated carbocycles. The third kappa shape index (κ3) is 5.81. The van der Waals surface area contributed by atoms with Crippen LogP contribution in [0.3, 0.4) is 0 Å². The van der Waals surface area contributed by atoms with Gasteiger partial charge in [-0.15, -0.1) is 12.4 Å². The fourth-order valence-corrected chi connectivity index (χ4v) is 4.50.